The molecule has 4 heterocycles. The number of methoxy groups -OCH3 is 1. The van der Waals surface area contributed by atoms with Gasteiger partial charge in [0.25, 0.3) is 0 Å². The molecule has 2 amide bonds. The predicted molar refractivity (Wildman–Crippen MR) is 248 cm³/mol. The van der Waals surface area contributed by atoms with E-state index in [-0.39, 0.29) is 17.7 Å². The van der Waals surface area contributed by atoms with E-state index in [0.29, 0.717) is 62.9 Å². The number of aryl methyl sites for hydroxylation is 1. The molecule has 61 heavy (non-hydrogen) atoms. The number of nitrogens with one attached hydrogen (secondary N) is 5. The van der Waals surface area contributed by atoms with E-state index in [2.05, 4.69) is 106 Å². The Morgan fingerprint density at radius 2 is 1.77 bits per heavy atom. The lowest BCUT2D eigenvalue weighted by molar-refractivity contribution is -0.134. The second-order valence-corrected chi connectivity index (χ2v) is 19.9. The number of carbonyl (C=O) groups is 2. The molecule has 17 heteroatoms. The van der Waals surface area contributed by atoms with Crippen molar-refractivity contribution in [1.82, 2.24) is 35.9 Å². The highest BCUT2D eigenvalue weighted by molar-refractivity contribution is 9.10. The van der Waals surface area contributed by atoms with Crippen molar-refractivity contribution in [2.45, 2.75) is 51.0 Å². The van der Waals surface area contributed by atoms with Gasteiger partial charge in [-0.3, -0.25) is 24.9 Å². The zero-order chi connectivity index (χ0) is 43.1. The molecule has 2 aliphatic rings. The second-order valence-electron chi connectivity index (χ2n) is 15.9. The third-order valence-electron chi connectivity index (χ3n) is 11.3. The Kier molecular flexibility index (Phi) is 14.2. The van der Waals surface area contributed by atoms with Gasteiger partial charge >= 0.3 is 0 Å². The highest BCUT2D eigenvalue weighted by Crippen LogP contribution is 2.42. The van der Waals surface area contributed by atoms with Gasteiger partial charge in [0.2, 0.25) is 17.8 Å². The molecule has 0 saturated carbocycles. The van der Waals surface area contributed by atoms with Crippen LogP contribution < -0.4 is 46.4 Å². The van der Waals surface area contributed by atoms with Crippen LogP contribution in [0, 0.1) is 0 Å². The predicted octanol–water partition coefficient (Wildman–Crippen LogP) is 6.29. The van der Waals surface area contributed by atoms with E-state index >= 15 is 0 Å². The number of amides is 2. The number of hydrogen-bond acceptors (Lipinski definition) is 14. The standard InChI is InChI=1S/C44H55BrN11O4P/c1-6-28-25-36(52-44-50-27-33(45)42(54-44)51-35-12-11-34-40(49-19-18-48-34)41(35)61(4,5)59)38(60-3)26-37(28)56-21-14-30(15-22-56)47-17-16-46-20-23-55(2)31-9-7-8-29(24-31)32-10-13-39(57)53-43(32)58/h7-9,11-12,18-19,24-27,30,32,46-47H,6,10,13-17,20-23H2,1-5H3,(H,53,57,58)(H2,50,51,52,54). The molecule has 1 unspecified atom stereocenters. The van der Waals surface area contributed by atoms with Crippen molar-refractivity contribution in [1.29, 1.82) is 0 Å². The third kappa shape index (κ3) is 10.7. The molecule has 0 bridgehead atoms. The Labute approximate surface area is 365 Å². The molecule has 2 fully saturated rings. The summed E-state index contributed by atoms with van der Waals surface area (Å²) in [7, 11) is 0.967. The van der Waals surface area contributed by atoms with Gasteiger partial charge < -0.3 is 40.4 Å². The lowest BCUT2D eigenvalue weighted by Gasteiger charge is -2.35. The van der Waals surface area contributed by atoms with Crippen molar-refractivity contribution in [3.8, 4) is 5.75 Å². The Hall–Kier alpha value is -5.15. The van der Waals surface area contributed by atoms with Crippen LogP contribution in [0.25, 0.3) is 11.0 Å². The highest BCUT2D eigenvalue weighted by Gasteiger charge is 2.28. The van der Waals surface area contributed by atoms with Crippen molar-refractivity contribution >= 4 is 85.7 Å². The molecule has 1 atom stereocenters. The number of carbonyl (C=O) groups excluding carboxylic acids is 2. The Balaban J connectivity index is 0.905. The number of halogens is 1. The summed E-state index contributed by atoms with van der Waals surface area (Å²) in [5.41, 5.74) is 7.06. The molecule has 2 aromatic heterocycles. The first-order valence-electron chi connectivity index (χ1n) is 20.8. The molecular weight excluding hydrogens is 857 g/mol. The fourth-order valence-electron chi connectivity index (χ4n) is 8.07. The average molecular weight is 913 g/mol. The summed E-state index contributed by atoms with van der Waals surface area (Å²) in [5, 5.41) is 17.2. The summed E-state index contributed by atoms with van der Waals surface area (Å²) in [6.07, 6.45) is 8.76. The first kappa shape index (κ1) is 43.9. The molecule has 0 radical (unpaired) electrons. The van der Waals surface area contributed by atoms with Crippen molar-refractivity contribution in [3.05, 3.63) is 82.7 Å². The number of rotatable bonds is 17. The number of benzene rings is 3. The SMILES string of the molecule is CCc1cc(Nc2ncc(Br)c(Nc3ccc4nccnc4c3P(C)(C)=O)n2)c(OC)cc1N1CCC(NCCNCCN(C)c2cccc(C3CCC(=O)NC3=O)c2)CC1. The van der Waals surface area contributed by atoms with E-state index < -0.39 is 7.14 Å². The van der Waals surface area contributed by atoms with Crippen LogP contribution in [0.2, 0.25) is 0 Å². The number of imide groups is 1. The van der Waals surface area contributed by atoms with Crippen LogP contribution in [-0.4, -0.2) is 105 Å². The van der Waals surface area contributed by atoms with Gasteiger partial charge in [0.15, 0.2) is 0 Å². The van der Waals surface area contributed by atoms with Crippen LogP contribution in [0.4, 0.5) is 34.5 Å². The van der Waals surface area contributed by atoms with Gasteiger partial charge in [0.1, 0.15) is 24.2 Å². The number of aromatic nitrogens is 4. The van der Waals surface area contributed by atoms with Crippen molar-refractivity contribution in [2.24, 2.45) is 0 Å². The van der Waals surface area contributed by atoms with Crippen LogP contribution in [0.5, 0.6) is 5.75 Å². The summed E-state index contributed by atoms with van der Waals surface area (Å²) < 4.78 is 20.1. The smallest absolute Gasteiger partial charge is 0.234 e. The number of anilines is 6. The van der Waals surface area contributed by atoms with Crippen LogP contribution in [0.1, 0.15) is 49.7 Å². The normalized spacial score (nSPS) is 16.1. The molecule has 0 aliphatic carbocycles. The molecule has 7 rings (SSSR count). The third-order valence-corrected chi connectivity index (χ3v) is 13.4. The molecular formula is C44H55BrN11O4P. The van der Waals surface area contributed by atoms with Gasteiger partial charge in [0.05, 0.1) is 39.7 Å². The zero-order valence-electron chi connectivity index (χ0n) is 35.4. The van der Waals surface area contributed by atoms with Crippen LogP contribution in [0.3, 0.4) is 0 Å². The number of fused-ring (bicyclic) bond motifs is 1. The van der Waals surface area contributed by atoms with Crippen molar-refractivity contribution < 1.29 is 18.9 Å². The van der Waals surface area contributed by atoms with Gasteiger partial charge in [0, 0.05) is 94.8 Å². The monoisotopic (exact) mass is 911 g/mol. The van der Waals surface area contributed by atoms with Crippen LogP contribution in [-0.2, 0) is 20.6 Å². The van der Waals surface area contributed by atoms with Gasteiger partial charge in [-0.25, -0.2) is 4.98 Å². The lowest BCUT2D eigenvalue weighted by Crippen LogP contribution is -2.44. The number of hydrogen-bond donors (Lipinski definition) is 5. The first-order valence-corrected chi connectivity index (χ1v) is 24.2. The van der Waals surface area contributed by atoms with Crippen molar-refractivity contribution in [3.63, 3.8) is 0 Å². The molecule has 322 valence electrons. The van der Waals surface area contributed by atoms with Gasteiger partial charge in [-0.15, -0.1) is 0 Å². The summed E-state index contributed by atoms with van der Waals surface area (Å²) in [6.45, 7) is 10.9. The van der Waals surface area contributed by atoms with E-state index in [1.54, 1.807) is 39.0 Å². The topological polar surface area (TPSA) is 179 Å². The summed E-state index contributed by atoms with van der Waals surface area (Å²) in [4.78, 5) is 46.9. The number of ether oxygens (including phenoxy) is 1. The van der Waals surface area contributed by atoms with E-state index in [1.165, 1.54) is 11.3 Å². The first-order chi connectivity index (χ1) is 29.4. The highest BCUT2D eigenvalue weighted by atomic mass is 79.9. The maximum absolute atomic E-state index is 13.5. The molecule has 2 aliphatic heterocycles. The van der Waals surface area contributed by atoms with Gasteiger partial charge in [-0.2, -0.15) is 4.98 Å². The van der Waals surface area contributed by atoms with E-state index in [4.69, 9.17) is 9.72 Å². The molecule has 5 N–H and O–H groups in total. The largest absolute Gasteiger partial charge is 0.494 e. The lowest BCUT2D eigenvalue weighted by atomic mass is 9.90. The fourth-order valence-corrected chi connectivity index (χ4v) is 9.75. The molecule has 2 saturated heterocycles. The number of nitrogens with zero attached hydrogens (tertiary/aromatic N) is 6. The Bertz CT molecular complexity index is 2420. The van der Waals surface area contributed by atoms with Crippen LogP contribution in [0.15, 0.2) is 71.6 Å². The fraction of sp³-hybridized carbons (Fsp3) is 0.409. The minimum absolute atomic E-state index is 0.194. The minimum atomic E-state index is -2.77. The summed E-state index contributed by atoms with van der Waals surface area (Å²) in [5.74, 6) is 0.894. The Morgan fingerprint density at radius 1 is 0.967 bits per heavy atom. The second kappa shape index (κ2) is 19.7. The summed E-state index contributed by atoms with van der Waals surface area (Å²) >= 11 is 3.59. The minimum Gasteiger partial charge on any atom is -0.494 e. The summed E-state index contributed by atoms with van der Waals surface area (Å²) in [6, 6.07) is 16.5. The van der Waals surface area contributed by atoms with Crippen LogP contribution >= 0.6 is 23.1 Å². The maximum Gasteiger partial charge on any atom is 0.234 e. The molecule has 3 aromatic carbocycles. The average Bonchev–Trinajstić information content (AvgIpc) is 3.25. The van der Waals surface area contributed by atoms with Crippen molar-refractivity contribution in [2.75, 3.05) is 87.2 Å². The van der Waals surface area contributed by atoms with E-state index in [1.807, 2.05) is 24.3 Å². The van der Waals surface area contributed by atoms with Gasteiger partial charge in [-0.1, -0.05) is 19.1 Å². The molecule has 15 nitrogen and oxygen atoms in total. The molecule has 0 spiro atoms. The van der Waals surface area contributed by atoms with E-state index in [0.717, 1.165) is 75.5 Å². The number of likely N-dealkylation sites (N-methyl/N-ethyl adjacent to an activating group) is 1. The zero-order valence-corrected chi connectivity index (χ0v) is 37.9. The number of piperidine rings is 2. The van der Waals surface area contributed by atoms with E-state index in [9.17, 15) is 14.2 Å². The van der Waals surface area contributed by atoms with Gasteiger partial charge in [-0.05, 0) is 96.4 Å². The molecule has 5 aromatic rings. The maximum atomic E-state index is 13.5. The Morgan fingerprint density at radius 3 is 2.52 bits per heavy atom. The quantitative estimate of drug-likeness (QED) is 0.0399.